The van der Waals surface area contributed by atoms with Crippen molar-refractivity contribution in [2.45, 2.75) is 32.9 Å². The molecule has 0 aliphatic carbocycles. The van der Waals surface area contributed by atoms with E-state index in [1.807, 2.05) is 0 Å². The lowest BCUT2D eigenvalue weighted by atomic mass is 10.0. The highest BCUT2D eigenvalue weighted by Crippen LogP contribution is 2.37. The highest BCUT2D eigenvalue weighted by Gasteiger charge is 2.32. The number of esters is 2. The lowest BCUT2D eigenvalue weighted by molar-refractivity contribution is -0.154. The molecule has 2 aromatic heterocycles. The van der Waals surface area contributed by atoms with Gasteiger partial charge in [0.05, 0.1) is 26.3 Å². The smallest absolute Gasteiger partial charge is 0.396 e. The lowest BCUT2D eigenvalue weighted by Gasteiger charge is -2.29. The van der Waals surface area contributed by atoms with Gasteiger partial charge in [-0.3, -0.25) is 19.1 Å². The van der Waals surface area contributed by atoms with Crippen LogP contribution in [0.15, 0.2) is 35.3 Å². The van der Waals surface area contributed by atoms with Crippen molar-refractivity contribution in [1.29, 1.82) is 0 Å². The van der Waals surface area contributed by atoms with E-state index in [0.29, 0.717) is 5.56 Å². The van der Waals surface area contributed by atoms with Crippen LogP contribution >= 0.6 is 0 Å². The number of nitrogens with zero attached hydrogens (tertiary/aromatic N) is 2. The van der Waals surface area contributed by atoms with Crippen LogP contribution in [0.25, 0.3) is 11.0 Å². The van der Waals surface area contributed by atoms with Crippen LogP contribution in [-0.2, 0) is 32.0 Å². The topological polar surface area (TPSA) is 146 Å². The molecule has 4 rings (SSSR count). The maximum Gasteiger partial charge on any atom is 0.396 e. The number of hydrogen-bond donors (Lipinski definition) is 2. The number of benzene rings is 1. The number of amides is 1. The Morgan fingerprint density at radius 2 is 1.89 bits per heavy atom. The Bertz CT molecular complexity index is 1430. The van der Waals surface area contributed by atoms with Gasteiger partial charge in [0.2, 0.25) is 0 Å². The summed E-state index contributed by atoms with van der Waals surface area (Å²) in [5.41, 5.74) is -0.0539. The van der Waals surface area contributed by atoms with Crippen LogP contribution in [0.4, 0.5) is 4.39 Å². The number of aromatic nitrogens is 2. The molecule has 37 heavy (non-hydrogen) atoms. The maximum absolute atomic E-state index is 13.4. The Morgan fingerprint density at radius 1 is 1.19 bits per heavy atom. The Kier molecular flexibility index (Phi) is 7.37. The zero-order valence-electron chi connectivity index (χ0n) is 20.1. The predicted octanol–water partition coefficient (Wildman–Crippen LogP) is 1.45. The van der Waals surface area contributed by atoms with Crippen LogP contribution in [0.1, 0.15) is 35.3 Å². The minimum atomic E-state index is -1.06. The molecule has 0 saturated heterocycles. The highest BCUT2D eigenvalue weighted by molar-refractivity contribution is 6.32. The average molecular weight is 513 g/mol. The Balaban J connectivity index is 1.79. The van der Waals surface area contributed by atoms with Crippen LogP contribution in [0.5, 0.6) is 11.5 Å². The summed E-state index contributed by atoms with van der Waals surface area (Å²) < 4.78 is 30.3. The molecular weight excluding hydrogens is 489 g/mol. The molecule has 1 atom stereocenters. The van der Waals surface area contributed by atoms with E-state index < -0.39 is 46.6 Å². The van der Waals surface area contributed by atoms with Gasteiger partial charge in [0.1, 0.15) is 23.0 Å². The number of hydrogen-bond acceptors (Lipinski definition) is 9. The highest BCUT2D eigenvalue weighted by atomic mass is 19.1. The van der Waals surface area contributed by atoms with E-state index in [-0.39, 0.29) is 49.5 Å². The third-order valence-electron chi connectivity index (χ3n) is 5.68. The quantitative estimate of drug-likeness (QED) is 0.354. The summed E-state index contributed by atoms with van der Waals surface area (Å²) in [5.74, 6) is -3.89. The fourth-order valence-corrected chi connectivity index (χ4v) is 4.03. The first-order chi connectivity index (χ1) is 17.7. The van der Waals surface area contributed by atoms with Crippen molar-refractivity contribution in [1.82, 2.24) is 14.9 Å². The van der Waals surface area contributed by atoms with Gasteiger partial charge in [-0.1, -0.05) is 12.1 Å². The second-order valence-corrected chi connectivity index (χ2v) is 8.14. The van der Waals surface area contributed by atoms with Crippen molar-refractivity contribution in [2.24, 2.45) is 0 Å². The van der Waals surface area contributed by atoms with Gasteiger partial charge in [0.25, 0.3) is 5.56 Å². The van der Waals surface area contributed by atoms with E-state index in [1.54, 1.807) is 26.0 Å². The molecule has 0 spiro atoms. The molecular formula is C25H24FN3O8. The lowest BCUT2D eigenvalue weighted by Crippen LogP contribution is -2.45. The number of nitrogens with one attached hydrogen (secondary N) is 1. The molecule has 11 nitrogen and oxygen atoms in total. The van der Waals surface area contributed by atoms with Crippen molar-refractivity contribution < 1.29 is 38.1 Å². The number of pyridine rings is 2. The molecule has 194 valence electrons. The summed E-state index contributed by atoms with van der Waals surface area (Å²) in [4.78, 5) is 53.8. The molecule has 1 aliphatic rings. The van der Waals surface area contributed by atoms with Crippen molar-refractivity contribution >= 4 is 28.9 Å². The van der Waals surface area contributed by atoms with Gasteiger partial charge in [0, 0.05) is 18.2 Å². The fraction of sp³-hybridized carbons (Fsp3) is 0.320. The Labute approximate surface area is 209 Å². The van der Waals surface area contributed by atoms with Crippen LogP contribution in [0.2, 0.25) is 0 Å². The minimum absolute atomic E-state index is 0.0172. The van der Waals surface area contributed by atoms with Gasteiger partial charge < -0.3 is 24.6 Å². The summed E-state index contributed by atoms with van der Waals surface area (Å²) in [7, 11) is 0. The van der Waals surface area contributed by atoms with Crippen molar-refractivity contribution in [3.8, 4) is 11.5 Å². The summed E-state index contributed by atoms with van der Waals surface area (Å²) >= 11 is 0. The molecule has 1 aliphatic heterocycles. The summed E-state index contributed by atoms with van der Waals surface area (Å²) in [6, 6.07) is 5.77. The number of carbonyl (C=O) groups excluding carboxylic acids is 3. The number of ether oxygens (including phenoxy) is 3. The zero-order chi connectivity index (χ0) is 26.7. The monoisotopic (exact) mass is 513 g/mol. The maximum atomic E-state index is 13.4. The fourth-order valence-electron chi connectivity index (χ4n) is 4.03. The molecule has 1 amide bonds. The number of rotatable bonds is 7. The van der Waals surface area contributed by atoms with Crippen LogP contribution in [0, 0.1) is 5.82 Å². The van der Waals surface area contributed by atoms with E-state index in [0.717, 1.165) is 5.56 Å². The summed E-state index contributed by atoms with van der Waals surface area (Å²) in [6.45, 7) is 2.84. The van der Waals surface area contributed by atoms with Crippen LogP contribution in [-0.4, -0.2) is 58.4 Å². The van der Waals surface area contributed by atoms with E-state index in [1.165, 1.54) is 22.9 Å². The van der Waals surface area contributed by atoms with Gasteiger partial charge in [-0.05, 0) is 31.5 Å². The summed E-state index contributed by atoms with van der Waals surface area (Å²) in [5, 5.41) is 13.2. The van der Waals surface area contributed by atoms with E-state index in [2.05, 4.69) is 15.0 Å². The molecule has 2 N–H and O–H groups in total. The molecule has 3 heterocycles. The van der Waals surface area contributed by atoms with Crippen molar-refractivity contribution in [3.63, 3.8) is 0 Å². The predicted molar refractivity (Wildman–Crippen MR) is 127 cm³/mol. The van der Waals surface area contributed by atoms with Gasteiger partial charge in [0.15, 0.2) is 17.1 Å². The molecule has 0 fully saturated rings. The molecule has 12 heteroatoms. The second-order valence-electron chi connectivity index (χ2n) is 8.14. The number of aromatic hydroxyl groups is 1. The van der Waals surface area contributed by atoms with Gasteiger partial charge in [-0.25, -0.2) is 14.0 Å². The largest absolute Gasteiger partial charge is 0.505 e. The summed E-state index contributed by atoms with van der Waals surface area (Å²) in [6.07, 6.45) is 0.833. The Hall–Kier alpha value is -4.48. The minimum Gasteiger partial charge on any atom is -0.505 e. The first kappa shape index (κ1) is 25.6. The van der Waals surface area contributed by atoms with Crippen molar-refractivity contribution in [2.75, 3.05) is 19.8 Å². The van der Waals surface area contributed by atoms with Gasteiger partial charge >= 0.3 is 17.8 Å². The first-order valence-corrected chi connectivity index (χ1v) is 11.6. The number of halogens is 1. The van der Waals surface area contributed by atoms with E-state index >= 15 is 0 Å². The molecule has 1 aromatic carbocycles. The third-order valence-corrected chi connectivity index (χ3v) is 5.68. The van der Waals surface area contributed by atoms with E-state index in [4.69, 9.17) is 9.47 Å². The zero-order valence-corrected chi connectivity index (χ0v) is 20.1. The van der Waals surface area contributed by atoms with Gasteiger partial charge in [-0.15, -0.1) is 0 Å². The van der Waals surface area contributed by atoms with Crippen LogP contribution in [0.3, 0.4) is 0 Å². The standard InChI is InChI=1S/C25H24FN3O8/c1-3-35-24(33)17-20(30)18-19-21(14(10-27-18)9-13-5-7-15(26)8-6-13)37-16(12-29(19)23(17)32)11-28-22(31)25(34)36-4-2/h5-8,10,16,30H,3-4,9,11-12H2,1-2H3,(H,28,31)/t16-/m1/s1. The second kappa shape index (κ2) is 10.6. The molecule has 0 unspecified atom stereocenters. The van der Waals surface area contributed by atoms with Crippen molar-refractivity contribution in [3.05, 3.63) is 63.3 Å². The third kappa shape index (κ3) is 5.08. The van der Waals surface area contributed by atoms with Gasteiger partial charge in [-0.2, -0.15) is 0 Å². The number of carbonyl (C=O) groups is 3. The normalized spacial score (nSPS) is 14.1. The average Bonchev–Trinajstić information content (AvgIpc) is 2.88. The van der Waals surface area contributed by atoms with Crippen LogP contribution < -0.4 is 15.6 Å². The Morgan fingerprint density at radius 3 is 2.57 bits per heavy atom. The first-order valence-electron chi connectivity index (χ1n) is 11.6. The SMILES string of the molecule is CCOC(=O)C(=O)NC[C@@H]1Cn2c(=O)c(C(=O)OCC)c(O)c3ncc(Cc4ccc(F)cc4)c(c32)O1. The molecule has 0 saturated carbocycles. The van der Waals surface area contributed by atoms with E-state index in [9.17, 15) is 28.7 Å². The molecule has 3 aromatic rings. The molecule has 0 radical (unpaired) electrons. The molecule has 0 bridgehead atoms.